The predicted molar refractivity (Wildman–Crippen MR) is 70.1 cm³/mol. The number of rotatable bonds is 3. The van der Waals surface area contributed by atoms with E-state index in [4.69, 9.17) is 9.88 Å². The first kappa shape index (κ1) is 13.3. The lowest BCUT2D eigenvalue weighted by atomic mass is 10.1. The maximum atomic E-state index is 11.4. The molecule has 5 nitrogen and oxygen atoms in total. The van der Waals surface area contributed by atoms with Gasteiger partial charge in [-0.3, -0.25) is 0 Å². The molecule has 1 saturated heterocycles. The van der Waals surface area contributed by atoms with Crippen molar-refractivity contribution in [3.05, 3.63) is 23.3 Å². The number of nitrogens with two attached hydrogens (primary N) is 1. The summed E-state index contributed by atoms with van der Waals surface area (Å²) < 4.78 is 28.1. The van der Waals surface area contributed by atoms with Crippen LogP contribution in [0.3, 0.4) is 0 Å². The van der Waals surface area contributed by atoms with Gasteiger partial charge in [0.05, 0.1) is 17.5 Å². The molecule has 1 aliphatic rings. The van der Waals surface area contributed by atoms with E-state index >= 15 is 0 Å². The highest BCUT2D eigenvalue weighted by molar-refractivity contribution is 7.89. The molecule has 3 N–H and O–H groups in total. The summed E-state index contributed by atoms with van der Waals surface area (Å²) in [6, 6.07) is 3.43. The molecule has 100 valence electrons. The second kappa shape index (κ2) is 4.87. The van der Waals surface area contributed by atoms with Crippen molar-refractivity contribution in [2.75, 3.05) is 18.5 Å². The van der Waals surface area contributed by atoms with Crippen LogP contribution in [-0.2, 0) is 14.8 Å². The van der Waals surface area contributed by atoms with E-state index in [9.17, 15) is 8.42 Å². The van der Waals surface area contributed by atoms with Gasteiger partial charge in [-0.15, -0.1) is 0 Å². The second-order valence-corrected chi connectivity index (χ2v) is 6.22. The van der Waals surface area contributed by atoms with Gasteiger partial charge in [0.2, 0.25) is 10.0 Å². The van der Waals surface area contributed by atoms with Crippen LogP contribution in [0.4, 0.5) is 5.69 Å². The van der Waals surface area contributed by atoms with Crippen LogP contribution in [-0.4, -0.2) is 27.7 Å². The van der Waals surface area contributed by atoms with E-state index < -0.39 is 10.0 Å². The second-order valence-electron chi connectivity index (χ2n) is 4.66. The van der Waals surface area contributed by atoms with Gasteiger partial charge >= 0.3 is 0 Å². The van der Waals surface area contributed by atoms with E-state index in [1.807, 2.05) is 13.8 Å². The van der Waals surface area contributed by atoms with Gasteiger partial charge in [0.15, 0.2) is 0 Å². The first-order chi connectivity index (χ1) is 8.38. The number of nitrogens with one attached hydrogen (secondary N) is 1. The Morgan fingerprint density at radius 1 is 1.39 bits per heavy atom. The van der Waals surface area contributed by atoms with Crippen LogP contribution in [0.15, 0.2) is 17.0 Å². The Morgan fingerprint density at radius 3 is 2.67 bits per heavy atom. The fourth-order valence-corrected chi connectivity index (χ4v) is 2.63. The number of aryl methyl sites for hydroxylation is 1. The summed E-state index contributed by atoms with van der Waals surface area (Å²) in [6.07, 6.45) is 0.929. The van der Waals surface area contributed by atoms with Gasteiger partial charge in [-0.1, -0.05) is 0 Å². The van der Waals surface area contributed by atoms with Crippen molar-refractivity contribution in [2.24, 2.45) is 5.14 Å². The van der Waals surface area contributed by atoms with Crippen molar-refractivity contribution < 1.29 is 13.2 Å². The van der Waals surface area contributed by atoms with Gasteiger partial charge in [0.25, 0.3) is 0 Å². The minimum atomic E-state index is -3.67. The van der Waals surface area contributed by atoms with E-state index in [0.29, 0.717) is 6.61 Å². The molecule has 0 radical (unpaired) electrons. The maximum absolute atomic E-state index is 11.4. The van der Waals surface area contributed by atoms with E-state index in [-0.39, 0.29) is 10.9 Å². The summed E-state index contributed by atoms with van der Waals surface area (Å²) in [5, 5.41) is 8.49. The SMILES string of the molecule is Cc1cc(S(N)(=O)=O)cc(NC2CCOC2)c1C. The predicted octanol–water partition coefficient (Wildman–Crippen LogP) is 1.15. The van der Waals surface area contributed by atoms with Gasteiger partial charge in [-0.05, 0) is 43.5 Å². The van der Waals surface area contributed by atoms with Gasteiger partial charge in [-0.2, -0.15) is 0 Å². The van der Waals surface area contributed by atoms with Crippen LogP contribution < -0.4 is 10.5 Å². The Labute approximate surface area is 107 Å². The number of hydrogen-bond donors (Lipinski definition) is 2. The van der Waals surface area contributed by atoms with Gasteiger partial charge in [0.1, 0.15) is 0 Å². The molecule has 0 amide bonds. The van der Waals surface area contributed by atoms with Crippen LogP contribution in [0.5, 0.6) is 0 Å². The highest BCUT2D eigenvalue weighted by atomic mass is 32.2. The van der Waals surface area contributed by atoms with Crippen LogP contribution in [0, 0.1) is 13.8 Å². The highest BCUT2D eigenvalue weighted by Gasteiger charge is 2.18. The normalized spacial score (nSPS) is 20.1. The van der Waals surface area contributed by atoms with Crippen LogP contribution in [0.2, 0.25) is 0 Å². The minimum Gasteiger partial charge on any atom is -0.380 e. The molecule has 1 fully saturated rings. The smallest absolute Gasteiger partial charge is 0.238 e. The quantitative estimate of drug-likeness (QED) is 0.863. The third-order valence-corrected chi connectivity index (χ3v) is 4.15. The van der Waals surface area contributed by atoms with Gasteiger partial charge < -0.3 is 10.1 Å². The molecule has 0 aromatic heterocycles. The number of sulfonamides is 1. The lowest BCUT2D eigenvalue weighted by Crippen LogP contribution is -2.20. The molecule has 0 spiro atoms. The third kappa shape index (κ3) is 2.82. The molecular weight excluding hydrogens is 252 g/mol. The van der Waals surface area contributed by atoms with Crippen molar-refractivity contribution in [1.82, 2.24) is 0 Å². The van der Waals surface area contributed by atoms with Crippen molar-refractivity contribution in [1.29, 1.82) is 0 Å². The standard InChI is InChI=1S/C12H18N2O3S/c1-8-5-11(18(13,15)16)6-12(9(8)2)14-10-3-4-17-7-10/h5-6,10,14H,3-4,7H2,1-2H3,(H2,13,15,16). The number of hydrogen-bond acceptors (Lipinski definition) is 4. The number of anilines is 1. The first-order valence-corrected chi connectivity index (χ1v) is 7.41. The Hall–Kier alpha value is -1.11. The average molecular weight is 270 g/mol. The zero-order valence-electron chi connectivity index (χ0n) is 10.6. The molecule has 1 atom stereocenters. The lowest BCUT2D eigenvalue weighted by Gasteiger charge is -2.17. The zero-order valence-corrected chi connectivity index (χ0v) is 11.4. The molecule has 1 heterocycles. The Morgan fingerprint density at radius 2 is 2.11 bits per heavy atom. The van der Waals surface area contributed by atoms with E-state index in [2.05, 4.69) is 5.32 Å². The van der Waals surface area contributed by atoms with E-state index in [1.165, 1.54) is 0 Å². The van der Waals surface area contributed by atoms with Crippen molar-refractivity contribution >= 4 is 15.7 Å². The summed E-state index contributed by atoms with van der Waals surface area (Å²) in [5.41, 5.74) is 2.76. The summed E-state index contributed by atoms with van der Waals surface area (Å²) in [4.78, 5) is 0.145. The van der Waals surface area contributed by atoms with Crippen molar-refractivity contribution in [3.63, 3.8) is 0 Å². The Balaban J connectivity index is 2.36. The Bertz CT molecular complexity index is 549. The minimum absolute atomic E-state index is 0.145. The van der Waals surface area contributed by atoms with Crippen LogP contribution >= 0.6 is 0 Å². The van der Waals surface area contributed by atoms with Gasteiger partial charge in [0, 0.05) is 12.3 Å². The van der Waals surface area contributed by atoms with Crippen LogP contribution in [0.25, 0.3) is 0 Å². The van der Waals surface area contributed by atoms with E-state index in [1.54, 1.807) is 12.1 Å². The molecule has 18 heavy (non-hydrogen) atoms. The van der Waals surface area contributed by atoms with Crippen molar-refractivity contribution in [2.45, 2.75) is 31.2 Å². The van der Waals surface area contributed by atoms with E-state index in [0.717, 1.165) is 29.8 Å². The molecule has 1 aliphatic heterocycles. The number of primary sulfonamides is 1. The molecule has 0 saturated carbocycles. The fraction of sp³-hybridized carbons (Fsp3) is 0.500. The molecule has 1 unspecified atom stereocenters. The average Bonchev–Trinajstić information content (AvgIpc) is 2.75. The van der Waals surface area contributed by atoms with Gasteiger partial charge in [-0.25, -0.2) is 13.6 Å². The number of benzene rings is 1. The molecule has 0 aliphatic carbocycles. The fourth-order valence-electron chi connectivity index (χ4n) is 2.01. The summed E-state index contributed by atoms with van der Waals surface area (Å²) in [5.74, 6) is 0. The lowest BCUT2D eigenvalue weighted by molar-refractivity contribution is 0.195. The molecule has 2 rings (SSSR count). The molecule has 6 heteroatoms. The molecule has 0 bridgehead atoms. The Kier molecular flexibility index (Phi) is 3.61. The number of ether oxygens (including phenoxy) is 1. The maximum Gasteiger partial charge on any atom is 0.238 e. The molecule has 1 aromatic rings. The third-order valence-electron chi connectivity index (χ3n) is 3.26. The summed E-state index contributed by atoms with van der Waals surface area (Å²) in [6.45, 7) is 5.23. The molecule has 1 aromatic carbocycles. The highest BCUT2D eigenvalue weighted by Crippen LogP contribution is 2.25. The molecular formula is C12H18N2O3S. The largest absolute Gasteiger partial charge is 0.380 e. The van der Waals surface area contributed by atoms with Crippen molar-refractivity contribution in [3.8, 4) is 0 Å². The first-order valence-electron chi connectivity index (χ1n) is 5.86. The zero-order chi connectivity index (χ0) is 13.3. The summed E-state index contributed by atoms with van der Waals surface area (Å²) in [7, 11) is -3.67. The topological polar surface area (TPSA) is 81.4 Å². The summed E-state index contributed by atoms with van der Waals surface area (Å²) >= 11 is 0. The van der Waals surface area contributed by atoms with Crippen LogP contribution in [0.1, 0.15) is 17.5 Å². The monoisotopic (exact) mass is 270 g/mol.